The van der Waals surface area contributed by atoms with Crippen molar-refractivity contribution in [1.29, 1.82) is 0 Å². The molecule has 2 fully saturated rings. The van der Waals surface area contributed by atoms with E-state index >= 15 is 0 Å². The Hall–Kier alpha value is -4.00. The Labute approximate surface area is 247 Å². The molecular formula is C28H30O16. The van der Waals surface area contributed by atoms with Gasteiger partial charge < -0.3 is 69.0 Å². The molecule has 16 heteroatoms. The zero-order chi connectivity index (χ0) is 31.9. The molecule has 2 aliphatic rings. The lowest BCUT2D eigenvalue weighted by atomic mass is 9.99. The lowest BCUT2D eigenvalue weighted by Gasteiger charge is -2.41. The number of aliphatic hydroxyl groups is 5. The van der Waals surface area contributed by atoms with E-state index in [-0.39, 0.29) is 29.3 Å². The van der Waals surface area contributed by atoms with Crippen molar-refractivity contribution in [3.05, 3.63) is 46.6 Å². The highest BCUT2D eigenvalue weighted by Gasteiger charge is 2.47. The third-order valence-corrected chi connectivity index (χ3v) is 7.11. The molecule has 0 aliphatic carbocycles. The third kappa shape index (κ3) is 6.15. The van der Waals surface area contributed by atoms with Gasteiger partial charge in [-0.15, -0.1) is 0 Å². The first kappa shape index (κ1) is 31.4. The van der Waals surface area contributed by atoms with Gasteiger partial charge in [0.1, 0.15) is 64.8 Å². The van der Waals surface area contributed by atoms with E-state index in [9.17, 15) is 50.4 Å². The van der Waals surface area contributed by atoms with Gasteiger partial charge in [0.15, 0.2) is 18.2 Å². The summed E-state index contributed by atoms with van der Waals surface area (Å²) in [4.78, 5) is 25.1. The van der Waals surface area contributed by atoms with Crippen LogP contribution in [0, 0.1) is 0 Å². The summed E-state index contributed by atoms with van der Waals surface area (Å²) < 4.78 is 33.1. The zero-order valence-corrected chi connectivity index (χ0v) is 22.9. The lowest BCUT2D eigenvalue weighted by Crippen LogP contribution is -2.61. The maximum absolute atomic E-state index is 13.6. The fourth-order valence-corrected chi connectivity index (χ4v) is 4.86. The zero-order valence-electron chi connectivity index (χ0n) is 22.9. The van der Waals surface area contributed by atoms with Crippen LogP contribution < -0.4 is 10.2 Å². The Balaban J connectivity index is 1.45. The van der Waals surface area contributed by atoms with Crippen LogP contribution in [-0.4, -0.2) is 115 Å². The number of phenolic OH excluding ortho intramolecular Hbond substituents is 3. The molecule has 0 saturated carbocycles. The van der Waals surface area contributed by atoms with E-state index < -0.39 is 95.9 Å². The number of aliphatic hydroxyl groups excluding tert-OH is 5. The van der Waals surface area contributed by atoms with Gasteiger partial charge >= 0.3 is 5.97 Å². The predicted octanol–water partition coefficient (Wildman–Crippen LogP) is -1.21. The number of benzene rings is 2. The summed E-state index contributed by atoms with van der Waals surface area (Å²) in [5.74, 6) is -2.83. The van der Waals surface area contributed by atoms with Crippen molar-refractivity contribution >= 4 is 16.9 Å². The summed E-state index contributed by atoms with van der Waals surface area (Å²) in [5.41, 5.74) is -0.989. The van der Waals surface area contributed by atoms with E-state index in [2.05, 4.69) is 0 Å². The van der Waals surface area contributed by atoms with Gasteiger partial charge in [0, 0.05) is 24.6 Å². The number of rotatable bonds is 7. The molecule has 2 saturated heterocycles. The Kier molecular flexibility index (Phi) is 8.96. The molecule has 44 heavy (non-hydrogen) atoms. The summed E-state index contributed by atoms with van der Waals surface area (Å²) in [6, 6.07) is 7.30. The normalized spacial score (nSPS) is 30.6. The van der Waals surface area contributed by atoms with Crippen LogP contribution in [0.5, 0.6) is 23.0 Å². The molecule has 9 atom stereocenters. The topological polar surface area (TPSA) is 255 Å². The van der Waals surface area contributed by atoms with Gasteiger partial charge in [0.05, 0.1) is 13.2 Å². The molecule has 2 aliphatic heterocycles. The summed E-state index contributed by atoms with van der Waals surface area (Å²) in [6.07, 6.45) is -14.7. The molecule has 5 rings (SSSR count). The van der Waals surface area contributed by atoms with Gasteiger partial charge in [0.25, 0.3) is 0 Å². The number of fused-ring (bicyclic) bond motifs is 1. The number of carbonyl (C=O) groups is 1. The predicted molar refractivity (Wildman–Crippen MR) is 143 cm³/mol. The van der Waals surface area contributed by atoms with Crippen molar-refractivity contribution in [3.8, 4) is 34.3 Å². The van der Waals surface area contributed by atoms with E-state index in [1.54, 1.807) is 0 Å². The van der Waals surface area contributed by atoms with Crippen molar-refractivity contribution < 1.29 is 73.7 Å². The number of aromatic hydroxyl groups is 3. The summed E-state index contributed by atoms with van der Waals surface area (Å²) in [7, 11) is 0. The molecule has 238 valence electrons. The number of hydrogen-bond donors (Lipinski definition) is 8. The number of carbonyl (C=O) groups excluding carboxylic acids is 1. The molecule has 1 aromatic heterocycles. The van der Waals surface area contributed by atoms with Crippen LogP contribution in [-0.2, 0) is 23.7 Å². The monoisotopic (exact) mass is 622 g/mol. The first-order chi connectivity index (χ1) is 20.8. The van der Waals surface area contributed by atoms with E-state index in [0.29, 0.717) is 0 Å². The van der Waals surface area contributed by atoms with E-state index in [0.717, 1.165) is 19.1 Å². The SMILES string of the molecule is CC(=O)OC1C(OCC2OC(Oc3c(-c4ccc(O)cc4)oc4cc(O)cc(O)c4c3=O)C(O)C(O)C2O)OCC(O)C1O. The second-order valence-electron chi connectivity index (χ2n) is 10.3. The second kappa shape index (κ2) is 12.5. The second-order valence-corrected chi connectivity index (χ2v) is 10.3. The van der Waals surface area contributed by atoms with Crippen LogP contribution in [0.4, 0.5) is 0 Å². The average Bonchev–Trinajstić information content (AvgIpc) is 2.97. The Bertz CT molecular complexity index is 1550. The van der Waals surface area contributed by atoms with E-state index in [4.69, 9.17) is 28.1 Å². The van der Waals surface area contributed by atoms with Gasteiger partial charge in [0.2, 0.25) is 17.5 Å². The summed E-state index contributed by atoms with van der Waals surface area (Å²) in [5, 5.41) is 81.7. The van der Waals surface area contributed by atoms with Gasteiger partial charge in [-0.2, -0.15) is 0 Å². The van der Waals surface area contributed by atoms with Crippen LogP contribution in [0.2, 0.25) is 0 Å². The Morgan fingerprint density at radius 3 is 2.30 bits per heavy atom. The van der Waals surface area contributed by atoms with Crippen LogP contribution in [0.25, 0.3) is 22.3 Å². The van der Waals surface area contributed by atoms with Gasteiger partial charge in [-0.3, -0.25) is 9.59 Å². The quantitative estimate of drug-likeness (QED) is 0.144. The van der Waals surface area contributed by atoms with Gasteiger partial charge in [-0.05, 0) is 24.3 Å². The average molecular weight is 623 g/mol. The van der Waals surface area contributed by atoms with Crippen LogP contribution in [0.15, 0.2) is 45.6 Å². The molecule has 16 nitrogen and oxygen atoms in total. The molecule has 2 aromatic carbocycles. The highest BCUT2D eigenvalue weighted by atomic mass is 16.7. The Morgan fingerprint density at radius 2 is 1.61 bits per heavy atom. The maximum atomic E-state index is 13.6. The number of ether oxygens (including phenoxy) is 5. The largest absolute Gasteiger partial charge is 0.508 e. The van der Waals surface area contributed by atoms with Crippen molar-refractivity contribution in [2.45, 2.75) is 62.2 Å². The maximum Gasteiger partial charge on any atom is 0.303 e. The summed E-state index contributed by atoms with van der Waals surface area (Å²) >= 11 is 0. The molecule has 0 radical (unpaired) electrons. The molecule has 9 unspecified atom stereocenters. The summed E-state index contributed by atoms with van der Waals surface area (Å²) in [6.45, 7) is 0.0943. The standard InChI is InChI=1S/C28H30O16/c1-10(29)41-26-19(34)15(33)8-39-28(26)40-9-17-20(35)22(37)23(38)27(43-17)44-25-21(36)18-14(32)6-13(31)7-16(18)42-24(25)11-2-4-12(30)5-3-11/h2-7,15,17,19-20,22-23,26-28,30-35,37-38H,8-9H2,1H3. The Morgan fingerprint density at radius 1 is 0.909 bits per heavy atom. The van der Waals surface area contributed by atoms with E-state index in [1.807, 2.05) is 0 Å². The van der Waals surface area contributed by atoms with Crippen LogP contribution in [0.1, 0.15) is 6.92 Å². The van der Waals surface area contributed by atoms with Crippen molar-refractivity contribution in [2.24, 2.45) is 0 Å². The van der Waals surface area contributed by atoms with E-state index in [1.165, 1.54) is 24.3 Å². The van der Waals surface area contributed by atoms with Gasteiger partial charge in [-0.1, -0.05) is 0 Å². The minimum absolute atomic E-state index is 0.111. The molecule has 3 heterocycles. The van der Waals surface area contributed by atoms with Crippen LogP contribution in [0.3, 0.4) is 0 Å². The molecule has 3 aromatic rings. The van der Waals surface area contributed by atoms with Crippen molar-refractivity contribution in [1.82, 2.24) is 0 Å². The molecule has 0 bridgehead atoms. The van der Waals surface area contributed by atoms with Gasteiger partial charge in [-0.25, -0.2) is 0 Å². The smallest absolute Gasteiger partial charge is 0.303 e. The molecule has 0 spiro atoms. The van der Waals surface area contributed by atoms with Crippen LogP contribution >= 0.6 is 0 Å². The molecule has 8 N–H and O–H groups in total. The third-order valence-electron chi connectivity index (χ3n) is 7.11. The first-order valence-electron chi connectivity index (χ1n) is 13.3. The molecular weight excluding hydrogens is 592 g/mol. The molecule has 0 amide bonds. The number of esters is 1. The lowest BCUT2D eigenvalue weighted by molar-refractivity contribution is -0.309. The number of hydrogen-bond acceptors (Lipinski definition) is 16. The minimum Gasteiger partial charge on any atom is -0.508 e. The van der Waals surface area contributed by atoms with Crippen molar-refractivity contribution in [2.75, 3.05) is 13.2 Å². The fraction of sp³-hybridized carbons (Fsp3) is 0.429. The minimum atomic E-state index is -1.94. The highest BCUT2D eigenvalue weighted by molar-refractivity contribution is 5.88. The first-order valence-corrected chi connectivity index (χ1v) is 13.3. The van der Waals surface area contributed by atoms with Crippen molar-refractivity contribution in [3.63, 3.8) is 0 Å². The number of phenols is 3. The highest BCUT2D eigenvalue weighted by Crippen LogP contribution is 2.37. The fourth-order valence-electron chi connectivity index (χ4n) is 4.86.